The van der Waals surface area contributed by atoms with Crippen LogP contribution >= 0.6 is 0 Å². The lowest BCUT2D eigenvalue weighted by molar-refractivity contribution is -0.147. The first-order chi connectivity index (χ1) is 12.2. The Bertz CT molecular complexity index is 520. The summed E-state index contributed by atoms with van der Waals surface area (Å²) in [6.45, 7) is 21.6. The summed E-state index contributed by atoms with van der Waals surface area (Å²) in [6.07, 6.45) is 11.2. The molecule has 0 amide bonds. The average molecular weight is 360 g/mol. The fourth-order valence-corrected chi connectivity index (χ4v) is 2.69. The van der Waals surface area contributed by atoms with Gasteiger partial charge in [-0.25, -0.2) is 9.59 Å². The van der Waals surface area contributed by atoms with E-state index in [2.05, 4.69) is 48.4 Å². The van der Waals surface area contributed by atoms with Gasteiger partial charge in [0.05, 0.1) is 0 Å². The predicted octanol–water partition coefficient (Wildman–Crippen LogP) is 4.95. The molecule has 1 fully saturated rings. The zero-order chi connectivity index (χ0) is 20.2. The van der Waals surface area contributed by atoms with Crippen LogP contribution in [0, 0.1) is 11.3 Å². The molecule has 4 heteroatoms. The summed E-state index contributed by atoms with van der Waals surface area (Å²) >= 11 is 0. The fraction of sp³-hybridized carbons (Fsp3) is 0.455. The Morgan fingerprint density at radius 2 is 1.42 bits per heavy atom. The Hall–Kier alpha value is -2.36. The highest BCUT2D eigenvalue weighted by Crippen LogP contribution is 2.43. The Labute approximate surface area is 158 Å². The van der Waals surface area contributed by atoms with E-state index in [4.69, 9.17) is 0 Å². The topological polar surface area (TPSA) is 52.6 Å². The standard InChI is InChI=1S/C12H18.C10H14O4/c1-4-11-9-7-8-10-12(11,5-2)6-3;1-7(2)9(11)13-5-6-14-10(12)8(3)4/h4-6,11H,1-3,7-10H2;1,3,5-6H2,2,4H3. The van der Waals surface area contributed by atoms with Crippen LogP contribution in [0.25, 0.3) is 0 Å². The molecule has 1 rings (SSSR count). The minimum Gasteiger partial charge on any atom is -0.459 e. The number of carbonyl (C=O) groups is 2. The van der Waals surface area contributed by atoms with Gasteiger partial charge < -0.3 is 9.47 Å². The molecule has 1 saturated carbocycles. The van der Waals surface area contributed by atoms with Crippen molar-refractivity contribution in [3.05, 3.63) is 62.3 Å². The second kappa shape index (κ2) is 12.1. The third-order valence-electron chi connectivity index (χ3n) is 4.36. The molecule has 1 atom stereocenters. The largest absolute Gasteiger partial charge is 0.459 e. The monoisotopic (exact) mass is 360 g/mol. The van der Waals surface area contributed by atoms with E-state index in [1.807, 2.05) is 12.2 Å². The third kappa shape index (κ3) is 7.68. The molecular weight excluding hydrogens is 328 g/mol. The molecular formula is C22H32O4. The smallest absolute Gasteiger partial charge is 0.333 e. The van der Waals surface area contributed by atoms with Crippen molar-refractivity contribution >= 4 is 11.9 Å². The molecule has 0 saturated heterocycles. The Kier molecular flexibility index (Phi) is 11.0. The quantitative estimate of drug-likeness (QED) is 0.266. The molecule has 0 aromatic carbocycles. The molecule has 0 spiro atoms. The van der Waals surface area contributed by atoms with Crippen LogP contribution in [0.15, 0.2) is 62.3 Å². The molecule has 0 heterocycles. The Morgan fingerprint density at radius 1 is 0.962 bits per heavy atom. The van der Waals surface area contributed by atoms with Crippen molar-refractivity contribution in [2.45, 2.75) is 39.5 Å². The average Bonchev–Trinajstić information content (AvgIpc) is 2.64. The molecule has 0 aromatic rings. The van der Waals surface area contributed by atoms with E-state index in [-0.39, 0.29) is 18.6 Å². The molecule has 26 heavy (non-hydrogen) atoms. The van der Waals surface area contributed by atoms with E-state index < -0.39 is 11.9 Å². The van der Waals surface area contributed by atoms with Gasteiger partial charge in [0, 0.05) is 16.6 Å². The van der Waals surface area contributed by atoms with Crippen LogP contribution in [0.3, 0.4) is 0 Å². The molecule has 4 nitrogen and oxygen atoms in total. The molecule has 0 aliphatic heterocycles. The van der Waals surface area contributed by atoms with E-state index in [0.29, 0.717) is 17.1 Å². The lowest BCUT2D eigenvalue weighted by Gasteiger charge is -2.38. The minimum absolute atomic E-state index is 0.0325. The molecule has 0 radical (unpaired) electrons. The maximum Gasteiger partial charge on any atom is 0.333 e. The van der Waals surface area contributed by atoms with Gasteiger partial charge >= 0.3 is 11.9 Å². The first-order valence-electron chi connectivity index (χ1n) is 8.79. The van der Waals surface area contributed by atoms with Gasteiger partial charge in [-0.2, -0.15) is 0 Å². The highest BCUT2D eigenvalue weighted by Gasteiger charge is 2.33. The lowest BCUT2D eigenvalue weighted by atomic mass is 9.66. The Balaban J connectivity index is 0.000000485. The van der Waals surface area contributed by atoms with E-state index in [9.17, 15) is 9.59 Å². The van der Waals surface area contributed by atoms with Crippen molar-refractivity contribution in [3.8, 4) is 0 Å². The van der Waals surface area contributed by atoms with Crippen LogP contribution in [0.1, 0.15) is 39.5 Å². The van der Waals surface area contributed by atoms with Crippen LogP contribution < -0.4 is 0 Å². The van der Waals surface area contributed by atoms with Gasteiger partial charge in [0.2, 0.25) is 0 Å². The van der Waals surface area contributed by atoms with Crippen molar-refractivity contribution in [1.82, 2.24) is 0 Å². The van der Waals surface area contributed by atoms with Crippen LogP contribution in [-0.4, -0.2) is 25.2 Å². The number of allylic oxidation sites excluding steroid dienone is 3. The summed E-state index contributed by atoms with van der Waals surface area (Å²) in [5.41, 5.74) is 0.771. The predicted molar refractivity (Wildman–Crippen MR) is 107 cm³/mol. The molecule has 0 aromatic heterocycles. The Morgan fingerprint density at radius 3 is 1.73 bits per heavy atom. The van der Waals surface area contributed by atoms with Crippen LogP contribution in [0.4, 0.5) is 0 Å². The van der Waals surface area contributed by atoms with E-state index in [0.717, 1.165) is 0 Å². The second-order valence-electron chi connectivity index (χ2n) is 6.44. The summed E-state index contributed by atoms with van der Waals surface area (Å²) in [5, 5.41) is 0. The number of hydrogen-bond acceptors (Lipinski definition) is 4. The van der Waals surface area contributed by atoms with Crippen molar-refractivity contribution in [1.29, 1.82) is 0 Å². The van der Waals surface area contributed by atoms with Gasteiger partial charge in [-0.05, 0) is 32.6 Å². The molecule has 1 aliphatic carbocycles. The summed E-state index contributed by atoms with van der Waals surface area (Å²) in [6, 6.07) is 0. The summed E-state index contributed by atoms with van der Waals surface area (Å²) in [5.74, 6) is -0.422. The first-order valence-corrected chi connectivity index (χ1v) is 8.79. The zero-order valence-electron chi connectivity index (χ0n) is 16.2. The maximum absolute atomic E-state index is 10.8. The first kappa shape index (κ1) is 23.6. The maximum atomic E-state index is 10.8. The SMILES string of the molecule is C=C(C)C(=O)OCCOC(=O)C(=C)C.C=CC1CCCCC1(C=C)C=C. The van der Waals surface area contributed by atoms with Gasteiger partial charge in [-0.3, -0.25) is 0 Å². The van der Waals surface area contributed by atoms with Gasteiger partial charge in [-0.1, -0.05) is 44.2 Å². The molecule has 1 unspecified atom stereocenters. The minimum atomic E-state index is -0.489. The van der Waals surface area contributed by atoms with Crippen molar-refractivity contribution < 1.29 is 19.1 Å². The summed E-state index contributed by atoms with van der Waals surface area (Å²) in [4.78, 5) is 21.7. The lowest BCUT2D eigenvalue weighted by Crippen LogP contribution is -2.28. The number of carbonyl (C=O) groups excluding carboxylic acids is 2. The van der Waals surface area contributed by atoms with Crippen LogP contribution in [0.2, 0.25) is 0 Å². The number of ether oxygens (including phenoxy) is 2. The van der Waals surface area contributed by atoms with E-state index in [1.54, 1.807) is 13.8 Å². The summed E-state index contributed by atoms with van der Waals surface area (Å²) < 4.78 is 9.38. The van der Waals surface area contributed by atoms with Gasteiger partial charge in [-0.15, -0.1) is 19.7 Å². The van der Waals surface area contributed by atoms with Gasteiger partial charge in [0.1, 0.15) is 13.2 Å². The van der Waals surface area contributed by atoms with Crippen molar-refractivity contribution in [2.24, 2.45) is 11.3 Å². The van der Waals surface area contributed by atoms with Crippen molar-refractivity contribution in [2.75, 3.05) is 13.2 Å². The molecule has 0 bridgehead atoms. The number of esters is 2. The summed E-state index contributed by atoms with van der Waals surface area (Å²) in [7, 11) is 0. The number of rotatable bonds is 8. The van der Waals surface area contributed by atoms with Crippen molar-refractivity contribution in [3.63, 3.8) is 0 Å². The molecule has 0 N–H and O–H groups in total. The van der Waals surface area contributed by atoms with E-state index >= 15 is 0 Å². The normalized spacial score (nSPS) is 17.5. The van der Waals surface area contributed by atoms with Gasteiger partial charge in [0.25, 0.3) is 0 Å². The highest BCUT2D eigenvalue weighted by molar-refractivity contribution is 5.87. The fourth-order valence-electron chi connectivity index (χ4n) is 2.69. The number of hydrogen-bond donors (Lipinski definition) is 0. The second-order valence-corrected chi connectivity index (χ2v) is 6.44. The third-order valence-corrected chi connectivity index (χ3v) is 4.36. The van der Waals surface area contributed by atoms with Gasteiger partial charge in [0.15, 0.2) is 0 Å². The van der Waals surface area contributed by atoms with Crippen LogP contribution in [-0.2, 0) is 19.1 Å². The molecule has 1 aliphatic rings. The van der Waals surface area contributed by atoms with Crippen LogP contribution in [0.5, 0.6) is 0 Å². The van der Waals surface area contributed by atoms with E-state index in [1.165, 1.54) is 25.7 Å². The highest BCUT2D eigenvalue weighted by atomic mass is 16.6. The zero-order valence-corrected chi connectivity index (χ0v) is 16.2. The molecule has 144 valence electrons.